The van der Waals surface area contributed by atoms with E-state index in [1.807, 2.05) is 6.07 Å². The number of alkyl halides is 2. The molecular weight excluding hydrogens is 396 g/mol. The van der Waals surface area contributed by atoms with Gasteiger partial charge in [0.05, 0.1) is 6.07 Å². The van der Waals surface area contributed by atoms with Gasteiger partial charge in [0.1, 0.15) is 22.9 Å². The van der Waals surface area contributed by atoms with Crippen molar-refractivity contribution in [2.75, 3.05) is 13.1 Å². The average Bonchev–Trinajstić information content (AvgIpc) is 3.60. The maximum atomic E-state index is 13.6. The van der Waals surface area contributed by atoms with Crippen molar-refractivity contribution in [3.8, 4) is 6.07 Å². The Morgan fingerprint density at radius 2 is 2.03 bits per heavy atom. The molecule has 1 atom stereocenters. The highest BCUT2D eigenvalue weighted by Gasteiger charge is 2.47. The molecule has 1 unspecified atom stereocenters. The summed E-state index contributed by atoms with van der Waals surface area (Å²) in [6.45, 7) is 2.44. The van der Waals surface area contributed by atoms with Gasteiger partial charge in [-0.05, 0) is 51.5 Å². The maximum absolute atomic E-state index is 13.6. The summed E-state index contributed by atoms with van der Waals surface area (Å²) in [6.07, 6.45) is 5.70. The van der Waals surface area contributed by atoms with Crippen LogP contribution < -0.4 is 16.1 Å². The third-order valence-corrected chi connectivity index (χ3v) is 6.23. The Morgan fingerprint density at radius 1 is 1.37 bits per heavy atom. The van der Waals surface area contributed by atoms with Crippen LogP contribution in [-0.2, 0) is 14.4 Å². The van der Waals surface area contributed by atoms with E-state index >= 15 is 0 Å². The molecule has 164 valence electrons. The summed E-state index contributed by atoms with van der Waals surface area (Å²) in [4.78, 5) is 33.3. The monoisotopic (exact) mass is 423 g/mol. The molecule has 2 saturated carbocycles. The van der Waals surface area contributed by atoms with Crippen LogP contribution in [0.4, 0.5) is 8.78 Å². The van der Waals surface area contributed by atoms with Crippen molar-refractivity contribution in [2.24, 2.45) is 0 Å². The Bertz CT molecular complexity index is 787. The van der Waals surface area contributed by atoms with Crippen LogP contribution in [0.25, 0.3) is 0 Å². The number of carbonyl (C=O) groups excluding carboxylic acids is 2. The van der Waals surface area contributed by atoms with Crippen molar-refractivity contribution in [1.29, 1.82) is 5.26 Å². The summed E-state index contributed by atoms with van der Waals surface area (Å²) in [5, 5.41) is 14.0. The molecule has 3 fully saturated rings. The zero-order valence-electron chi connectivity index (χ0n) is 17.0. The standard InChI is InChI=1S/C20H27F2N5O3/c1-18(21,22)10-14(17(29)25-19(12-23)4-5-19)24-16(28)15-11-20(30-26-15)6-8-27(9-7-20)13-2-3-13/h11,13-14,26H,2-10H2,1H3,(H,24,28)(H,25,29). The second kappa shape index (κ2) is 7.46. The van der Waals surface area contributed by atoms with Gasteiger partial charge in [-0.25, -0.2) is 8.78 Å². The number of piperidine rings is 1. The van der Waals surface area contributed by atoms with E-state index < -0.39 is 41.3 Å². The van der Waals surface area contributed by atoms with Crippen molar-refractivity contribution in [3.05, 3.63) is 11.8 Å². The number of hydroxylamine groups is 1. The third kappa shape index (κ3) is 4.73. The summed E-state index contributed by atoms with van der Waals surface area (Å²) in [6, 6.07) is 1.19. The number of likely N-dealkylation sites (tertiary alicyclic amines) is 1. The van der Waals surface area contributed by atoms with Gasteiger partial charge in [-0.15, -0.1) is 0 Å². The molecule has 30 heavy (non-hydrogen) atoms. The maximum Gasteiger partial charge on any atom is 0.270 e. The molecule has 0 aromatic heterocycles. The van der Waals surface area contributed by atoms with E-state index in [0.29, 0.717) is 25.8 Å². The Morgan fingerprint density at radius 3 is 2.57 bits per heavy atom. The van der Waals surface area contributed by atoms with Crippen molar-refractivity contribution in [2.45, 2.75) is 81.0 Å². The highest BCUT2D eigenvalue weighted by Crippen LogP contribution is 2.37. The smallest absolute Gasteiger partial charge is 0.270 e. The minimum atomic E-state index is -3.16. The predicted molar refractivity (Wildman–Crippen MR) is 102 cm³/mol. The molecule has 4 rings (SSSR count). The molecule has 10 heteroatoms. The minimum Gasteiger partial charge on any atom is -0.339 e. The number of nitrogens with one attached hydrogen (secondary N) is 3. The Balaban J connectivity index is 1.39. The molecule has 2 amide bonds. The van der Waals surface area contributed by atoms with E-state index in [0.717, 1.165) is 25.9 Å². The van der Waals surface area contributed by atoms with Crippen molar-refractivity contribution < 1.29 is 23.2 Å². The third-order valence-electron chi connectivity index (χ3n) is 6.23. The molecule has 1 saturated heterocycles. The first-order valence-corrected chi connectivity index (χ1v) is 10.5. The fraction of sp³-hybridized carbons (Fsp3) is 0.750. The highest BCUT2D eigenvalue weighted by atomic mass is 19.3. The van der Waals surface area contributed by atoms with Gasteiger partial charge >= 0.3 is 0 Å². The number of halogens is 2. The van der Waals surface area contributed by atoms with Crippen LogP contribution in [0.3, 0.4) is 0 Å². The molecule has 4 aliphatic rings. The zero-order chi connectivity index (χ0) is 21.6. The lowest BCUT2D eigenvalue weighted by molar-refractivity contribution is -0.131. The van der Waals surface area contributed by atoms with Crippen LogP contribution in [0, 0.1) is 11.3 Å². The normalized spacial score (nSPS) is 25.6. The topological polar surface area (TPSA) is 106 Å². The predicted octanol–water partition coefficient (Wildman–Crippen LogP) is 1.10. The quantitative estimate of drug-likeness (QED) is 0.566. The fourth-order valence-electron chi connectivity index (χ4n) is 4.06. The Hall–Kier alpha value is -2.25. The summed E-state index contributed by atoms with van der Waals surface area (Å²) in [7, 11) is 0. The molecule has 0 aromatic carbocycles. The summed E-state index contributed by atoms with van der Waals surface area (Å²) in [5.74, 6) is -4.62. The number of carbonyl (C=O) groups is 2. The van der Waals surface area contributed by atoms with Gasteiger partial charge in [-0.3, -0.25) is 19.9 Å². The lowest BCUT2D eigenvalue weighted by Gasteiger charge is -2.36. The van der Waals surface area contributed by atoms with Crippen LogP contribution in [0.1, 0.15) is 51.9 Å². The summed E-state index contributed by atoms with van der Waals surface area (Å²) < 4.78 is 27.3. The van der Waals surface area contributed by atoms with Gasteiger partial charge in [0.25, 0.3) is 5.91 Å². The van der Waals surface area contributed by atoms with Crippen LogP contribution in [-0.4, -0.2) is 58.9 Å². The minimum absolute atomic E-state index is 0.119. The lowest BCUT2D eigenvalue weighted by Crippen LogP contribution is -2.52. The Labute approximate surface area is 173 Å². The van der Waals surface area contributed by atoms with Gasteiger partial charge in [0.2, 0.25) is 11.8 Å². The fourth-order valence-corrected chi connectivity index (χ4v) is 4.06. The van der Waals surface area contributed by atoms with Crippen LogP contribution in [0.2, 0.25) is 0 Å². The average molecular weight is 423 g/mol. The van der Waals surface area contributed by atoms with Gasteiger partial charge < -0.3 is 15.5 Å². The van der Waals surface area contributed by atoms with Gasteiger partial charge in [-0.1, -0.05) is 0 Å². The van der Waals surface area contributed by atoms with Gasteiger partial charge in [-0.2, -0.15) is 5.26 Å². The number of amides is 2. The molecule has 8 nitrogen and oxygen atoms in total. The van der Waals surface area contributed by atoms with Crippen LogP contribution in [0.15, 0.2) is 11.8 Å². The second-order valence-electron chi connectivity index (χ2n) is 9.08. The molecule has 2 aliphatic heterocycles. The molecule has 3 N–H and O–H groups in total. The van der Waals surface area contributed by atoms with E-state index in [1.54, 1.807) is 6.08 Å². The van der Waals surface area contributed by atoms with Crippen LogP contribution in [0.5, 0.6) is 0 Å². The summed E-state index contributed by atoms with van der Waals surface area (Å²) >= 11 is 0. The molecule has 1 spiro atoms. The van der Waals surface area contributed by atoms with Crippen molar-refractivity contribution in [3.63, 3.8) is 0 Å². The molecule has 0 bridgehead atoms. The highest BCUT2D eigenvalue weighted by molar-refractivity contribution is 5.97. The molecule has 0 aromatic rings. The van der Waals surface area contributed by atoms with Gasteiger partial charge in [0.15, 0.2) is 0 Å². The summed E-state index contributed by atoms with van der Waals surface area (Å²) in [5.41, 5.74) is 1.14. The van der Waals surface area contributed by atoms with E-state index in [2.05, 4.69) is 21.0 Å². The number of rotatable bonds is 7. The van der Waals surface area contributed by atoms with Crippen LogP contribution >= 0.6 is 0 Å². The molecule has 0 radical (unpaired) electrons. The first-order chi connectivity index (χ1) is 14.1. The number of nitrogens with zero attached hydrogens (tertiary/aromatic N) is 2. The first-order valence-electron chi connectivity index (χ1n) is 10.5. The van der Waals surface area contributed by atoms with E-state index in [-0.39, 0.29) is 5.70 Å². The van der Waals surface area contributed by atoms with E-state index in [1.165, 1.54) is 12.8 Å². The number of nitriles is 1. The van der Waals surface area contributed by atoms with E-state index in [9.17, 15) is 18.4 Å². The zero-order valence-corrected chi connectivity index (χ0v) is 17.0. The molecular formula is C20H27F2N5O3. The van der Waals surface area contributed by atoms with Crippen molar-refractivity contribution in [1.82, 2.24) is 21.0 Å². The SMILES string of the molecule is CC(F)(F)CC(NC(=O)C1=CC2(CCN(C3CC3)CC2)ON1)C(=O)NC1(C#N)CC1. The lowest BCUT2D eigenvalue weighted by atomic mass is 9.90. The second-order valence-corrected chi connectivity index (χ2v) is 9.08. The Kier molecular flexibility index (Phi) is 5.22. The van der Waals surface area contributed by atoms with Gasteiger partial charge in [0, 0.05) is 25.6 Å². The van der Waals surface area contributed by atoms with E-state index in [4.69, 9.17) is 10.1 Å². The number of hydrogen-bond acceptors (Lipinski definition) is 6. The largest absolute Gasteiger partial charge is 0.339 e. The van der Waals surface area contributed by atoms with Crippen molar-refractivity contribution >= 4 is 11.8 Å². The molecule has 2 aliphatic carbocycles. The number of hydrogen-bond donors (Lipinski definition) is 3. The first kappa shape index (κ1) is 21.0. The molecule has 2 heterocycles.